The minimum atomic E-state index is -0.597. The third kappa shape index (κ3) is 1.26. The van der Waals surface area contributed by atoms with Crippen LogP contribution in [-0.2, 0) is 9.63 Å². The van der Waals surface area contributed by atoms with Crippen LogP contribution in [0.25, 0.3) is 0 Å². The second-order valence-corrected chi connectivity index (χ2v) is 2.78. The van der Waals surface area contributed by atoms with Gasteiger partial charge in [-0.25, -0.2) is 0 Å². The van der Waals surface area contributed by atoms with Gasteiger partial charge >= 0.3 is 0 Å². The summed E-state index contributed by atoms with van der Waals surface area (Å²) < 4.78 is 0. The summed E-state index contributed by atoms with van der Waals surface area (Å²) in [6.07, 6.45) is 1.66. The normalized spacial score (nSPS) is 18.9. The van der Waals surface area contributed by atoms with E-state index in [4.69, 9.17) is 10.6 Å². The first-order valence-electron chi connectivity index (χ1n) is 3.85. The number of rotatable bonds is 1. The highest BCUT2D eigenvalue weighted by Crippen LogP contribution is 2.24. The van der Waals surface area contributed by atoms with Gasteiger partial charge in [-0.2, -0.15) is 0 Å². The number of hydrogen-bond donors (Lipinski definition) is 1. The van der Waals surface area contributed by atoms with Crippen molar-refractivity contribution in [2.24, 2.45) is 5.16 Å². The number of nitrogen functional groups attached to an aromatic ring is 1. The maximum Gasteiger partial charge on any atom is 0.208 e. The van der Waals surface area contributed by atoms with Gasteiger partial charge in [-0.15, -0.1) is 0 Å². The Bertz CT molecular complexity index is 374. The predicted octanol–water partition coefficient (Wildman–Crippen LogP) is 0.873. The lowest BCUT2D eigenvalue weighted by molar-refractivity contribution is -0.118. The van der Waals surface area contributed by atoms with Crippen LogP contribution in [0, 0.1) is 0 Å². The zero-order valence-corrected chi connectivity index (χ0v) is 6.81. The summed E-state index contributed by atoms with van der Waals surface area (Å²) in [4.78, 5) is 15.4. The maximum absolute atomic E-state index is 10.6. The van der Waals surface area contributed by atoms with Gasteiger partial charge < -0.3 is 10.6 Å². The SMILES string of the molecule is Nc1ccc2c(c1)C=NOC2C=O. The molecule has 0 bridgehead atoms. The van der Waals surface area contributed by atoms with Crippen molar-refractivity contribution in [3.05, 3.63) is 29.3 Å². The molecule has 0 saturated heterocycles. The van der Waals surface area contributed by atoms with Crippen LogP contribution in [0.4, 0.5) is 5.69 Å². The highest BCUT2D eigenvalue weighted by Gasteiger charge is 2.18. The summed E-state index contributed by atoms with van der Waals surface area (Å²) in [6.45, 7) is 0. The summed E-state index contributed by atoms with van der Waals surface area (Å²) in [7, 11) is 0. The van der Waals surface area contributed by atoms with Gasteiger partial charge in [-0.1, -0.05) is 11.2 Å². The second kappa shape index (κ2) is 2.90. The number of carbonyl (C=O) groups is 1. The molecule has 0 radical (unpaired) electrons. The molecule has 2 N–H and O–H groups in total. The first kappa shape index (κ1) is 7.79. The van der Waals surface area contributed by atoms with Crippen molar-refractivity contribution in [3.8, 4) is 0 Å². The van der Waals surface area contributed by atoms with E-state index in [-0.39, 0.29) is 0 Å². The predicted molar refractivity (Wildman–Crippen MR) is 48.3 cm³/mol. The van der Waals surface area contributed by atoms with Gasteiger partial charge in [0.05, 0.1) is 6.21 Å². The smallest absolute Gasteiger partial charge is 0.208 e. The first-order valence-corrected chi connectivity index (χ1v) is 3.85. The van der Waals surface area contributed by atoms with E-state index in [2.05, 4.69) is 5.16 Å². The van der Waals surface area contributed by atoms with Crippen LogP contribution >= 0.6 is 0 Å². The molecule has 13 heavy (non-hydrogen) atoms. The van der Waals surface area contributed by atoms with Crippen LogP contribution in [0.15, 0.2) is 23.4 Å². The molecule has 0 spiro atoms. The van der Waals surface area contributed by atoms with Crippen LogP contribution in [0.3, 0.4) is 0 Å². The topological polar surface area (TPSA) is 64.7 Å². The van der Waals surface area contributed by atoms with Crippen molar-refractivity contribution in [1.29, 1.82) is 0 Å². The third-order valence-electron chi connectivity index (χ3n) is 1.91. The lowest BCUT2D eigenvalue weighted by atomic mass is 10.0. The lowest BCUT2D eigenvalue weighted by Crippen LogP contribution is -2.10. The lowest BCUT2D eigenvalue weighted by Gasteiger charge is -2.15. The van der Waals surface area contributed by atoms with Crippen LogP contribution in [0.2, 0.25) is 0 Å². The number of benzene rings is 1. The van der Waals surface area contributed by atoms with Crippen LogP contribution in [0.1, 0.15) is 17.2 Å². The summed E-state index contributed by atoms with van der Waals surface area (Å²) >= 11 is 0. The molecule has 0 saturated carbocycles. The third-order valence-corrected chi connectivity index (χ3v) is 1.91. The fourth-order valence-corrected chi connectivity index (χ4v) is 1.27. The molecule has 1 aliphatic rings. The molecule has 0 amide bonds. The van der Waals surface area contributed by atoms with Gasteiger partial charge in [-0.3, -0.25) is 4.79 Å². The van der Waals surface area contributed by atoms with E-state index >= 15 is 0 Å². The molecule has 1 aromatic rings. The molecule has 1 aliphatic heterocycles. The van der Waals surface area contributed by atoms with E-state index in [1.165, 1.54) is 0 Å². The van der Waals surface area contributed by atoms with Gasteiger partial charge in [0.2, 0.25) is 6.10 Å². The van der Waals surface area contributed by atoms with E-state index in [1.54, 1.807) is 24.4 Å². The molecule has 1 unspecified atom stereocenters. The van der Waals surface area contributed by atoms with E-state index in [0.717, 1.165) is 11.1 Å². The van der Waals surface area contributed by atoms with Crippen LogP contribution in [0.5, 0.6) is 0 Å². The van der Waals surface area contributed by atoms with Gasteiger partial charge in [0.15, 0.2) is 6.29 Å². The van der Waals surface area contributed by atoms with Gasteiger partial charge in [0.1, 0.15) is 0 Å². The average molecular weight is 176 g/mol. The number of nitrogens with zero attached hydrogens (tertiary/aromatic N) is 1. The van der Waals surface area contributed by atoms with Gasteiger partial charge in [0.25, 0.3) is 0 Å². The molecule has 1 atom stereocenters. The molecule has 0 aromatic heterocycles. The highest BCUT2D eigenvalue weighted by atomic mass is 16.6. The fraction of sp³-hybridized carbons (Fsp3) is 0.111. The first-order chi connectivity index (χ1) is 6.31. The summed E-state index contributed by atoms with van der Waals surface area (Å²) in [6, 6.07) is 5.27. The Hall–Kier alpha value is -1.84. The van der Waals surface area contributed by atoms with Crippen molar-refractivity contribution in [1.82, 2.24) is 0 Å². The zero-order chi connectivity index (χ0) is 9.26. The molecule has 1 aromatic carbocycles. The Labute approximate surface area is 75.0 Å². The van der Waals surface area contributed by atoms with Gasteiger partial charge in [0, 0.05) is 16.8 Å². The highest BCUT2D eigenvalue weighted by molar-refractivity contribution is 5.86. The average Bonchev–Trinajstić information content (AvgIpc) is 2.16. The Morgan fingerprint density at radius 3 is 3.15 bits per heavy atom. The standard InChI is InChI=1S/C9H8N2O2/c10-7-1-2-8-6(3-7)4-11-13-9(8)5-12/h1-5,9H,10H2. The van der Waals surface area contributed by atoms with Crippen molar-refractivity contribution < 1.29 is 9.63 Å². The Kier molecular flexibility index (Phi) is 1.73. The number of nitrogens with two attached hydrogens (primary N) is 1. The largest absolute Gasteiger partial charge is 0.399 e. The Morgan fingerprint density at radius 2 is 2.38 bits per heavy atom. The molecule has 1 heterocycles. The monoisotopic (exact) mass is 176 g/mol. The van der Waals surface area contributed by atoms with Crippen LogP contribution < -0.4 is 5.73 Å². The molecule has 0 aliphatic carbocycles. The second-order valence-electron chi connectivity index (χ2n) is 2.78. The van der Waals surface area contributed by atoms with Crippen molar-refractivity contribution in [2.75, 3.05) is 5.73 Å². The molecule has 4 heteroatoms. The van der Waals surface area contributed by atoms with E-state index in [1.807, 2.05) is 0 Å². The van der Waals surface area contributed by atoms with Crippen molar-refractivity contribution in [2.45, 2.75) is 6.10 Å². The molecule has 2 rings (SSSR count). The van der Waals surface area contributed by atoms with E-state index < -0.39 is 6.10 Å². The fourth-order valence-electron chi connectivity index (χ4n) is 1.27. The minimum absolute atomic E-state index is 0.597. The Morgan fingerprint density at radius 1 is 1.54 bits per heavy atom. The van der Waals surface area contributed by atoms with Crippen molar-refractivity contribution in [3.63, 3.8) is 0 Å². The van der Waals surface area contributed by atoms with Gasteiger partial charge in [-0.05, 0) is 12.1 Å². The van der Waals surface area contributed by atoms with Crippen LogP contribution in [-0.4, -0.2) is 12.5 Å². The van der Waals surface area contributed by atoms with E-state index in [0.29, 0.717) is 12.0 Å². The summed E-state index contributed by atoms with van der Waals surface area (Å²) in [5.41, 5.74) is 7.87. The number of carbonyl (C=O) groups excluding carboxylic acids is 1. The molecule has 0 fully saturated rings. The minimum Gasteiger partial charge on any atom is -0.399 e. The number of anilines is 1. The number of fused-ring (bicyclic) bond motifs is 1. The number of aldehydes is 1. The molecular weight excluding hydrogens is 168 g/mol. The summed E-state index contributed by atoms with van der Waals surface area (Å²) in [5, 5.41) is 3.60. The zero-order valence-electron chi connectivity index (χ0n) is 6.81. The van der Waals surface area contributed by atoms with Crippen molar-refractivity contribution >= 4 is 18.2 Å². The number of hydrogen-bond acceptors (Lipinski definition) is 4. The molecular formula is C9H8N2O2. The summed E-state index contributed by atoms with van der Waals surface area (Å²) in [5.74, 6) is 0. The number of oxime groups is 1. The molecule has 4 nitrogen and oxygen atoms in total. The Balaban J connectivity index is 2.53. The van der Waals surface area contributed by atoms with E-state index in [9.17, 15) is 4.79 Å². The maximum atomic E-state index is 10.6. The molecule has 66 valence electrons. The quantitative estimate of drug-likeness (QED) is 0.510.